The van der Waals surface area contributed by atoms with Crippen molar-refractivity contribution in [3.05, 3.63) is 22.6 Å². The monoisotopic (exact) mass is 386 g/mol. The first kappa shape index (κ1) is 20.2. The van der Waals surface area contributed by atoms with Gasteiger partial charge in [-0.15, -0.1) is 0 Å². The van der Waals surface area contributed by atoms with Gasteiger partial charge in [-0.1, -0.05) is 24.4 Å². The number of nitrogens with two attached hydrogens (primary N) is 1. The second-order valence-corrected chi connectivity index (χ2v) is 7.67. The van der Waals surface area contributed by atoms with Crippen LogP contribution < -0.4 is 16.4 Å². The maximum Gasteiger partial charge on any atom is 0.407 e. The minimum atomic E-state index is -0.852. The van der Waals surface area contributed by atoms with Crippen LogP contribution in [0.15, 0.2) is 6.07 Å². The van der Waals surface area contributed by atoms with E-state index < -0.39 is 23.4 Å². The van der Waals surface area contributed by atoms with E-state index in [-0.39, 0.29) is 28.6 Å². The normalized spacial score (nSPS) is 20.3. The van der Waals surface area contributed by atoms with Gasteiger partial charge in [-0.25, -0.2) is 14.2 Å². The molecule has 0 spiro atoms. The van der Waals surface area contributed by atoms with Crippen molar-refractivity contribution >= 4 is 29.4 Å². The third-order valence-corrected chi connectivity index (χ3v) is 4.27. The highest BCUT2D eigenvalue weighted by Gasteiger charge is 2.29. The van der Waals surface area contributed by atoms with Crippen molar-refractivity contribution in [1.82, 2.24) is 10.3 Å². The van der Waals surface area contributed by atoms with Gasteiger partial charge in [0.25, 0.3) is 5.91 Å². The van der Waals surface area contributed by atoms with Gasteiger partial charge in [0.15, 0.2) is 11.6 Å². The molecule has 0 aromatic carbocycles. The lowest BCUT2D eigenvalue weighted by molar-refractivity contribution is 0.0488. The largest absolute Gasteiger partial charge is 0.444 e. The van der Waals surface area contributed by atoms with Crippen LogP contribution in [0.4, 0.5) is 15.0 Å². The molecule has 2 amide bonds. The number of hydrogen-bond acceptors (Lipinski definition) is 5. The molecule has 1 saturated carbocycles. The average Bonchev–Trinajstić information content (AvgIpc) is 2.50. The summed E-state index contributed by atoms with van der Waals surface area (Å²) in [6.45, 7) is 5.35. The summed E-state index contributed by atoms with van der Waals surface area (Å²) in [6.07, 6.45) is 2.80. The number of aromatic nitrogens is 1. The van der Waals surface area contributed by atoms with Gasteiger partial charge in [0.05, 0.1) is 11.6 Å². The fourth-order valence-corrected chi connectivity index (χ4v) is 3.08. The number of amides is 2. The molecule has 0 bridgehead atoms. The number of carbonyl (C=O) groups is 2. The van der Waals surface area contributed by atoms with Crippen LogP contribution in [0.5, 0.6) is 0 Å². The van der Waals surface area contributed by atoms with Crippen LogP contribution in [-0.2, 0) is 4.74 Å². The molecule has 1 fully saturated rings. The Hall–Kier alpha value is -2.09. The van der Waals surface area contributed by atoms with E-state index in [9.17, 15) is 14.0 Å². The first-order valence-electron chi connectivity index (χ1n) is 8.48. The third-order valence-electron chi connectivity index (χ3n) is 3.99. The maximum atomic E-state index is 14.3. The fraction of sp³-hybridized carbons (Fsp3) is 0.588. The van der Waals surface area contributed by atoms with Gasteiger partial charge in [0, 0.05) is 6.04 Å². The van der Waals surface area contributed by atoms with E-state index >= 15 is 0 Å². The molecule has 4 N–H and O–H groups in total. The molecule has 1 heterocycles. The number of anilines is 1. The minimum Gasteiger partial charge on any atom is -0.444 e. The summed E-state index contributed by atoms with van der Waals surface area (Å²) in [5, 5.41) is 5.64. The van der Waals surface area contributed by atoms with E-state index in [1.807, 2.05) is 0 Å². The molecule has 26 heavy (non-hydrogen) atoms. The molecule has 144 valence electrons. The molecule has 1 aromatic rings. The van der Waals surface area contributed by atoms with Crippen molar-refractivity contribution in [1.29, 1.82) is 0 Å². The van der Waals surface area contributed by atoms with Gasteiger partial charge >= 0.3 is 6.09 Å². The first-order valence-corrected chi connectivity index (χ1v) is 8.86. The topological polar surface area (TPSA) is 106 Å². The number of alkyl carbamates (subject to hydrolysis) is 1. The summed E-state index contributed by atoms with van der Waals surface area (Å²) in [6, 6.07) is 0.474. The van der Waals surface area contributed by atoms with Gasteiger partial charge in [0.2, 0.25) is 0 Å². The Morgan fingerprint density at radius 3 is 2.50 bits per heavy atom. The Morgan fingerprint density at radius 2 is 1.92 bits per heavy atom. The molecule has 2 atom stereocenters. The fourth-order valence-electron chi connectivity index (χ4n) is 2.85. The van der Waals surface area contributed by atoms with Crippen molar-refractivity contribution in [2.24, 2.45) is 5.73 Å². The Balaban J connectivity index is 2.12. The second-order valence-electron chi connectivity index (χ2n) is 7.31. The molecule has 1 aliphatic rings. The van der Waals surface area contributed by atoms with E-state index in [1.165, 1.54) is 0 Å². The second kappa shape index (κ2) is 8.07. The number of halogens is 2. The van der Waals surface area contributed by atoms with Crippen LogP contribution in [0.1, 0.15) is 56.8 Å². The highest BCUT2D eigenvalue weighted by atomic mass is 35.5. The molecular formula is C17H24ClFN4O3. The number of nitrogens with one attached hydrogen (secondary N) is 2. The van der Waals surface area contributed by atoms with E-state index in [0.29, 0.717) is 0 Å². The van der Waals surface area contributed by atoms with Crippen molar-refractivity contribution in [2.75, 3.05) is 5.32 Å². The predicted octanol–water partition coefficient (Wildman–Crippen LogP) is 3.22. The predicted molar refractivity (Wildman–Crippen MR) is 96.8 cm³/mol. The van der Waals surface area contributed by atoms with Crippen LogP contribution in [0.3, 0.4) is 0 Å². The summed E-state index contributed by atoms with van der Waals surface area (Å²) < 4.78 is 19.5. The molecule has 1 aliphatic carbocycles. The number of nitrogens with zero attached hydrogens (tertiary/aromatic N) is 1. The number of ether oxygens (including phenoxy) is 1. The molecule has 0 saturated heterocycles. The highest BCUT2D eigenvalue weighted by molar-refractivity contribution is 6.32. The van der Waals surface area contributed by atoms with Gasteiger partial charge in [0.1, 0.15) is 10.8 Å². The molecule has 0 radical (unpaired) electrons. The summed E-state index contributed by atoms with van der Waals surface area (Å²) in [5.74, 6) is -1.66. The van der Waals surface area contributed by atoms with E-state index in [1.54, 1.807) is 20.8 Å². The number of rotatable bonds is 4. The summed E-state index contributed by atoms with van der Waals surface area (Å²) >= 11 is 5.90. The quantitative estimate of drug-likeness (QED) is 0.689. The van der Waals surface area contributed by atoms with Gasteiger partial charge in [-0.05, 0) is 39.7 Å². The lowest BCUT2D eigenvalue weighted by Gasteiger charge is -2.33. The summed E-state index contributed by atoms with van der Waals surface area (Å²) in [5.41, 5.74) is 4.35. The van der Waals surface area contributed by atoms with E-state index in [0.717, 1.165) is 31.7 Å². The van der Waals surface area contributed by atoms with Gasteiger partial charge < -0.3 is 21.1 Å². The molecule has 0 aliphatic heterocycles. The third kappa shape index (κ3) is 5.45. The van der Waals surface area contributed by atoms with Crippen LogP contribution >= 0.6 is 11.6 Å². The smallest absolute Gasteiger partial charge is 0.407 e. The lowest BCUT2D eigenvalue weighted by atomic mass is 9.90. The van der Waals surface area contributed by atoms with Crippen LogP contribution in [-0.4, -0.2) is 34.7 Å². The SMILES string of the molecule is CC(C)(C)OC(=O)N[C@H]1CCCC[C@H]1Nc1nc(Cl)c(C(N)=O)cc1F. The van der Waals surface area contributed by atoms with Crippen molar-refractivity contribution in [2.45, 2.75) is 64.1 Å². The number of primary amides is 1. The Bertz CT molecular complexity index is 693. The van der Waals surface area contributed by atoms with E-state index in [2.05, 4.69) is 15.6 Å². The zero-order valence-electron chi connectivity index (χ0n) is 15.1. The first-order chi connectivity index (χ1) is 12.1. The molecule has 9 heteroatoms. The zero-order chi connectivity index (χ0) is 19.5. The summed E-state index contributed by atoms with van der Waals surface area (Å²) in [4.78, 5) is 27.1. The Labute approximate surface area is 156 Å². The summed E-state index contributed by atoms with van der Waals surface area (Å²) in [7, 11) is 0. The Morgan fingerprint density at radius 1 is 1.31 bits per heavy atom. The van der Waals surface area contributed by atoms with Crippen molar-refractivity contribution in [3.63, 3.8) is 0 Å². The molecule has 7 nitrogen and oxygen atoms in total. The molecular weight excluding hydrogens is 363 g/mol. The lowest BCUT2D eigenvalue weighted by Crippen LogP contribution is -2.50. The maximum absolute atomic E-state index is 14.3. The standard InChI is InChI=1S/C17H24ClFN4O3/c1-17(2,3)26-16(25)22-12-7-5-4-6-11(12)21-15-10(19)8-9(14(20)24)13(18)23-15/h8,11-12H,4-7H2,1-3H3,(H2,20,24)(H,21,23)(H,22,25)/t11-,12+/m1/s1. The molecule has 2 rings (SSSR count). The Kier molecular flexibility index (Phi) is 6.28. The van der Waals surface area contributed by atoms with E-state index in [4.69, 9.17) is 22.1 Å². The zero-order valence-corrected chi connectivity index (χ0v) is 15.8. The molecule has 1 aromatic heterocycles. The van der Waals surface area contributed by atoms with Crippen LogP contribution in [0.25, 0.3) is 0 Å². The van der Waals surface area contributed by atoms with Crippen molar-refractivity contribution < 1.29 is 18.7 Å². The molecule has 0 unspecified atom stereocenters. The van der Waals surface area contributed by atoms with Crippen LogP contribution in [0, 0.1) is 5.82 Å². The van der Waals surface area contributed by atoms with Crippen molar-refractivity contribution in [3.8, 4) is 0 Å². The minimum absolute atomic E-state index is 0.0807. The average molecular weight is 387 g/mol. The van der Waals surface area contributed by atoms with Crippen LogP contribution in [0.2, 0.25) is 5.15 Å². The number of carbonyl (C=O) groups excluding carboxylic acids is 2. The number of hydrogen-bond donors (Lipinski definition) is 3. The van der Waals surface area contributed by atoms with Gasteiger partial charge in [-0.3, -0.25) is 4.79 Å². The number of pyridine rings is 1. The highest BCUT2D eigenvalue weighted by Crippen LogP contribution is 2.25. The van der Waals surface area contributed by atoms with Gasteiger partial charge in [-0.2, -0.15) is 0 Å².